The molecular formula is C14H10ClF3N2S. The Bertz CT molecular complexity index is 833. The van der Waals surface area contributed by atoms with Gasteiger partial charge in [-0.15, -0.1) is 11.3 Å². The third-order valence-electron chi connectivity index (χ3n) is 3.30. The van der Waals surface area contributed by atoms with Crippen LogP contribution in [0.1, 0.15) is 11.3 Å². The molecule has 0 atom stereocenters. The van der Waals surface area contributed by atoms with Gasteiger partial charge in [-0.25, -0.2) is 0 Å². The van der Waals surface area contributed by atoms with Crippen molar-refractivity contribution in [3.05, 3.63) is 40.5 Å². The highest BCUT2D eigenvalue weighted by atomic mass is 35.5. The minimum absolute atomic E-state index is 0.333. The fourth-order valence-electron chi connectivity index (χ4n) is 2.28. The van der Waals surface area contributed by atoms with Crippen molar-refractivity contribution in [1.82, 2.24) is 9.78 Å². The normalized spacial score (nSPS) is 12.3. The summed E-state index contributed by atoms with van der Waals surface area (Å²) in [5, 5.41) is 5.55. The smallest absolute Gasteiger partial charge is 0.263 e. The van der Waals surface area contributed by atoms with Crippen LogP contribution in [-0.4, -0.2) is 9.78 Å². The first-order valence-corrected chi connectivity index (χ1v) is 7.27. The molecule has 21 heavy (non-hydrogen) atoms. The highest BCUT2D eigenvalue weighted by Gasteiger charge is 2.35. The molecule has 3 aromatic rings. The summed E-state index contributed by atoms with van der Waals surface area (Å²) in [4.78, 5) is 0.735. The molecule has 0 radical (unpaired) electrons. The highest BCUT2D eigenvalue weighted by molar-refractivity contribution is 7.22. The summed E-state index contributed by atoms with van der Waals surface area (Å²) in [6.45, 7) is 1.87. The molecule has 2 aromatic heterocycles. The highest BCUT2D eigenvalue weighted by Crippen LogP contribution is 2.40. The van der Waals surface area contributed by atoms with Crippen LogP contribution in [0.3, 0.4) is 0 Å². The van der Waals surface area contributed by atoms with E-state index in [0.29, 0.717) is 10.7 Å². The molecule has 0 bridgehead atoms. The Hall–Kier alpha value is -1.53. The van der Waals surface area contributed by atoms with Crippen LogP contribution in [0, 0.1) is 6.92 Å². The van der Waals surface area contributed by atoms with Gasteiger partial charge in [-0.3, -0.25) is 4.68 Å². The number of alkyl halides is 3. The number of hydrogen-bond acceptors (Lipinski definition) is 2. The fourth-order valence-corrected chi connectivity index (χ4v) is 3.60. The molecule has 0 amide bonds. The van der Waals surface area contributed by atoms with E-state index in [-0.39, 0.29) is 0 Å². The molecule has 3 rings (SSSR count). The van der Waals surface area contributed by atoms with Crippen molar-refractivity contribution in [2.75, 3.05) is 0 Å². The number of halogens is 4. The van der Waals surface area contributed by atoms with Gasteiger partial charge in [-0.05, 0) is 42.1 Å². The lowest BCUT2D eigenvalue weighted by Crippen LogP contribution is -2.11. The summed E-state index contributed by atoms with van der Waals surface area (Å²) in [6.07, 6.45) is -4.41. The van der Waals surface area contributed by atoms with E-state index >= 15 is 0 Å². The second-order valence-corrected chi connectivity index (χ2v) is 6.22. The Morgan fingerprint density at radius 2 is 1.95 bits per heavy atom. The molecule has 0 saturated carbocycles. The van der Waals surface area contributed by atoms with Crippen molar-refractivity contribution in [3.8, 4) is 10.6 Å². The molecule has 0 aliphatic rings. The number of aromatic nitrogens is 2. The van der Waals surface area contributed by atoms with Gasteiger partial charge in [0, 0.05) is 16.8 Å². The topological polar surface area (TPSA) is 17.8 Å². The lowest BCUT2D eigenvalue weighted by Gasteiger charge is -2.04. The van der Waals surface area contributed by atoms with Gasteiger partial charge in [0.2, 0.25) is 0 Å². The molecule has 2 heterocycles. The van der Waals surface area contributed by atoms with E-state index in [4.69, 9.17) is 11.6 Å². The molecule has 0 N–H and O–H groups in total. The summed E-state index contributed by atoms with van der Waals surface area (Å²) in [5.41, 5.74) is 0.469. The average Bonchev–Trinajstić information content (AvgIpc) is 2.91. The minimum atomic E-state index is -4.41. The van der Waals surface area contributed by atoms with Gasteiger partial charge in [-0.1, -0.05) is 11.6 Å². The van der Waals surface area contributed by atoms with Crippen molar-refractivity contribution in [1.29, 1.82) is 0 Å². The average molecular weight is 331 g/mol. The van der Waals surface area contributed by atoms with E-state index < -0.39 is 11.9 Å². The van der Waals surface area contributed by atoms with E-state index in [0.717, 1.165) is 31.3 Å². The molecular weight excluding hydrogens is 321 g/mol. The minimum Gasteiger partial charge on any atom is -0.263 e. The van der Waals surface area contributed by atoms with Crippen molar-refractivity contribution >= 4 is 33.0 Å². The summed E-state index contributed by atoms with van der Waals surface area (Å²) in [6, 6.07) is 6.54. The molecule has 0 aliphatic heterocycles. The summed E-state index contributed by atoms with van der Waals surface area (Å²) in [7, 11) is 1.30. The molecule has 0 saturated heterocycles. The molecule has 1 aromatic carbocycles. The second-order valence-electron chi connectivity index (χ2n) is 4.73. The molecule has 0 unspecified atom stereocenters. The van der Waals surface area contributed by atoms with Crippen LogP contribution in [0.15, 0.2) is 24.3 Å². The molecule has 7 heteroatoms. The van der Waals surface area contributed by atoms with Crippen LogP contribution in [0.5, 0.6) is 0 Å². The zero-order chi connectivity index (χ0) is 15.4. The third kappa shape index (κ3) is 2.42. The van der Waals surface area contributed by atoms with E-state index in [1.807, 2.05) is 19.1 Å². The number of nitrogens with zero attached hydrogens (tertiary/aromatic N) is 2. The van der Waals surface area contributed by atoms with Crippen LogP contribution in [0.4, 0.5) is 13.2 Å². The van der Waals surface area contributed by atoms with Crippen LogP contribution in [-0.2, 0) is 13.2 Å². The monoisotopic (exact) mass is 330 g/mol. The van der Waals surface area contributed by atoms with Crippen molar-refractivity contribution in [3.63, 3.8) is 0 Å². The predicted molar refractivity (Wildman–Crippen MR) is 78.8 cm³/mol. The van der Waals surface area contributed by atoms with Crippen molar-refractivity contribution in [2.24, 2.45) is 7.05 Å². The molecule has 2 nitrogen and oxygen atoms in total. The number of hydrogen-bond donors (Lipinski definition) is 0. The van der Waals surface area contributed by atoms with Gasteiger partial charge in [0.1, 0.15) is 11.4 Å². The number of rotatable bonds is 1. The van der Waals surface area contributed by atoms with Gasteiger partial charge in [0.15, 0.2) is 0 Å². The van der Waals surface area contributed by atoms with E-state index in [2.05, 4.69) is 5.10 Å². The van der Waals surface area contributed by atoms with Crippen LogP contribution in [0.25, 0.3) is 20.7 Å². The number of aryl methyl sites for hydroxylation is 2. The Balaban J connectivity index is 2.19. The second kappa shape index (κ2) is 4.74. The number of thiophene rings is 1. The van der Waals surface area contributed by atoms with Crippen molar-refractivity contribution < 1.29 is 13.2 Å². The zero-order valence-electron chi connectivity index (χ0n) is 11.1. The number of fused-ring (bicyclic) bond motifs is 1. The molecule has 0 aliphatic carbocycles. The lowest BCUT2D eigenvalue weighted by atomic mass is 10.1. The lowest BCUT2D eigenvalue weighted by molar-refractivity contribution is -0.143. The van der Waals surface area contributed by atoms with Crippen molar-refractivity contribution in [2.45, 2.75) is 13.1 Å². The maximum Gasteiger partial charge on any atom is 0.433 e. The molecule has 0 spiro atoms. The quantitative estimate of drug-likeness (QED) is 0.593. The van der Waals surface area contributed by atoms with Gasteiger partial charge in [0.25, 0.3) is 0 Å². The maximum atomic E-state index is 12.9. The fraction of sp³-hybridized carbons (Fsp3) is 0.214. The van der Waals surface area contributed by atoms with Gasteiger partial charge < -0.3 is 0 Å². The Kier molecular flexibility index (Phi) is 3.26. The predicted octanol–water partition coefficient (Wildman–Crippen LogP) is 5.28. The standard InChI is InChI=1S/C14H10ClF3N2S/c1-7-9-5-8(15)3-4-11(9)21-13(7)10-6-12(14(16,17)18)20(2)19-10/h3-6H,1-2H3. The van der Waals surface area contributed by atoms with Gasteiger partial charge in [-0.2, -0.15) is 18.3 Å². The number of benzene rings is 1. The van der Waals surface area contributed by atoms with E-state index in [1.54, 1.807) is 6.07 Å². The molecule has 110 valence electrons. The van der Waals surface area contributed by atoms with E-state index in [9.17, 15) is 13.2 Å². The molecule has 0 fully saturated rings. The summed E-state index contributed by atoms with van der Waals surface area (Å²) < 4.78 is 40.4. The largest absolute Gasteiger partial charge is 0.433 e. The summed E-state index contributed by atoms with van der Waals surface area (Å²) >= 11 is 7.39. The summed E-state index contributed by atoms with van der Waals surface area (Å²) in [5.74, 6) is 0. The van der Waals surface area contributed by atoms with Crippen LogP contribution >= 0.6 is 22.9 Å². The third-order valence-corrected chi connectivity index (χ3v) is 4.83. The van der Waals surface area contributed by atoms with Gasteiger partial charge in [0.05, 0.1) is 4.88 Å². The maximum absolute atomic E-state index is 12.9. The van der Waals surface area contributed by atoms with E-state index in [1.165, 1.54) is 18.4 Å². The first kappa shape index (κ1) is 14.4. The first-order chi connectivity index (χ1) is 9.77. The van der Waals surface area contributed by atoms with Crippen LogP contribution in [0.2, 0.25) is 5.02 Å². The first-order valence-electron chi connectivity index (χ1n) is 6.07. The van der Waals surface area contributed by atoms with Crippen LogP contribution < -0.4 is 0 Å². The van der Waals surface area contributed by atoms with Gasteiger partial charge >= 0.3 is 6.18 Å². The zero-order valence-corrected chi connectivity index (χ0v) is 12.7. The SMILES string of the molecule is Cc1c(-c2cc(C(F)(F)F)n(C)n2)sc2ccc(Cl)cc12. The Morgan fingerprint density at radius 3 is 2.57 bits per heavy atom. The Labute approximate surface area is 127 Å². The Morgan fingerprint density at radius 1 is 1.24 bits per heavy atom.